The molecule has 0 bridgehead atoms. The topological polar surface area (TPSA) is 48.5 Å². The van der Waals surface area contributed by atoms with E-state index in [0.29, 0.717) is 17.6 Å². The molecular formula is C54H35N5S. The number of thiophene rings is 1. The predicted molar refractivity (Wildman–Crippen MR) is 250 cm³/mol. The number of nitrogens with zero attached hydrogens (tertiary/aromatic N) is 5. The number of benzene rings is 8. The molecule has 4 heterocycles. The molecule has 0 amide bonds. The third-order valence-electron chi connectivity index (χ3n) is 12.8. The van der Waals surface area contributed by atoms with Gasteiger partial charge < -0.3 is 4.57 Å². The van der Waals surface area contributed by atoms with Gasteiger partial charge in [0.05, 0.1) is 22.1 Å². The largest absolute Gasteiger partial charge is 0.309 e. The third-order valence-corrected chi connectivity index (χ3v) is 13.9. The summed E-state index contributed by atoms with van der Waals surface area (Å²) in [6.45, 7) is 4.70. The van der Waals surface area contributed by atoms with Crippen molar-refractivity contribution >= 4 is 75.1 Å². The van der Waals surface area contributed by atoms with Gasteiger partial charge in [0.15, 0.2) is 11.6 Å². The Labute approximate surface area is 349 Å². The second-order valence-electron chi connectivity index (χ2n) is 16.4. The molecule has 0 atom stereocenters. The van der Waals surface area contributed by atoms with Crippen LogP contribution in [0.5, 0.6) is 0 Å². The van der Waals surface area contributed by atoms with Crippen molar-refractivity contribution in [1.29, 1.82) is 0 Å². The number of hydrogen-bond acceptors (Lipinski definition) is 4. The van der Waals surface area contributed by atoms with E-state index in [1.165, 1.54) is 64.2 Å². The summed E-state index contributed by atoms with van der Waals surface area (Å²) >= 11 is 1.80. The molecule has 282 valence electrons. The number of hydrogen-bond donors (Lipinski definition) is 0. The zero-order valence-electron chi connectivity index (χ0n) is 32.9. The Hall–Kier alpha value is -7.41. The molecule has 5 nitrogen and oxygen atoms in total. The maximum Gasteiger partial charge on any atom is 0.238 e. The van der Waals surface area contributed by atoms with Crippen molar-refractivity contribution in [2.24, 2.45) is 0 Å². The van der Waals surface area contributed by atoms with Gasteiger partial charge in [0.25, 0.3) is 0 Å². The van der Waals surface area contributed by atoms with Crippen LogP contribution in [0.4, 0.5) is 0 Å². The maximum atomic E-state index is 5.34. The fourth-order valence-electron chi connectivity index (χ4n) is 9.95. The highest BCUT2D eigenvalue weighted by atomic mass is 32.1. The van der Waals surface area contributed by atoms with Crippen LogP contribution in [0.25, 0.3) is 109 Å². The van der Waals surface area contributed by atoms with Crippen LogP contribution in [0, 0.1) is 0 Å². The molecule has 4 aromatic heterocycles. The van der Waals surface area contributed by atoms with E-state index in [-0.39, 0.29) is 5.41 Å². The average Bonchev–Trinajstić information content (AvgIpc) is 4.00. The van der Waals surface area contributed by atoms with Crippen LogP contribution in [0.15, 0.2) is 176 Å². The van der Waals surface area contributed by atoms with E-state index < -0.39 is 0 Å². The molecule has 8 aromatic carbocycles. The van der Waals surface area contributed by atoms with Crippen LogP contribution >= 0.6 is 11.3 Å². The second-order valence-corrected chi connectivity index (χ2v) is 17.5. The number of fused-ring (bicyclic) bond motifs is 12. The molecule has 0 fully saturated rings. The first-order chi connectivity index (χ1) is 29.5. The molecule has 1 aliphatic rings. The van der Waals surface area contributed by atoms with E-state index in [1.54, 1.807) is 11.3 Å². The standard InChI is InChI=1S/C54H35N5S/c1-54(2)43-21-8-3-16-35(43)41-31-48-42(30-44(41)54)38-19-6-9-22-45(38)58(48)34-15-13-14-32(28-34)51-55-52(33-26-27-40-39-20-7-12-25-49(39)60-50(40)29-33)57-53(56-51)59-46-23-10-4-17-36(46)37-18-5-11-24-47(37)59/h3-31H,1-2H3. The first-order valence-corrected chi connectivity index (χ1v) is 21.3. The lowest BCUT2D eigenvalue weighted by molar-refractivity contribution is 0.661. The van der Waals surface area contributed by atoms with Crippen molar-refractivity contribution in [2.75, 3.05) is 0 Å². The molecule has 1 aliphatic carbocycles. The van der Waals surface area contributed by atoms with E-state index in [4.69, 9.17) is 15.0 Å². The third kappa shape index (κ3) is 4.71. The zero-order chi connectivity index (χ0) is 39.7. The summed E-state index contributed by atoms with van der Waals surface area (Å²) in [4.78, 5) is 15.9. The Morgan fingerprint density at radius 2 is 1.00 bits per heavy atom. The van der Waals surface area contributed by atoms with Gasteiger partial charge in [0, 0.05) is 63.9 Å². The van der Waals surface area contributed by atoms with Crippen LogP contribution in [0.2, 0.25) is 0 Å². The fraction of sp³-hybridized carbons (Fsp3) is 0.0556. The van der Waals surface area contributed by atoms with Gasteiger partial charge >= 0.3 is 0 Å². The number of rotatable bonds is 4. The average molecular weight is 786 g/mol. The Morgan fingerprint density at radius 1 is 0.400 bits per heavy atom. The minimum atomic E-state index is -0.0881. The summed E-state index contributed by atoms with van der Waals surface area (Å²) in [5.74, 6) is 1.84. The Bertz CT molecular complexity index is 3720. The monoisotopic (exact) mass is 785 g/mol. The molecule has 0 radical (unpaired) electrons. The van der Waals surface area contributed by atoms with Crippen LogP contribution in [0.3, 0.4) is 0 Å². The van der Waals surface area contributed by atoms with Crippen LogP contribution in [0.1, 0.15) is 25.0 Å². The molecular weight excluding hydrogens is 751 g/mol. The Balaban J connectivity index is 1.04. The summed E-state index contributed by atoms with van der Waals surface area (Å²) in [6.07, 6.45) is 0. The molecule has 0 saturated heterocycles. The van der Waals surface area contributed by atoms with E-state index >= 15 is 0 Å². The van der Waals surface area contributed by atoms with Gasteiger partial charge in [-0.1, -0.05) is 135 Å². The lowest BCUT2D eigenvalue weighted by Gasteiger charge is -2.21. The molecule has 0 aliphatic heterocycles. The van der Waals surface area contributed by atoms with E-state index in [0.717, 1.165) is 38.6 Å². The summed E-state index contributed by atoms with van der Waals surface area (Å²) in [5.41, 5.74) is 12.7. The Kier molecular flexibility index (Phi) is 6.88. The van der Waals surface area contributed by atoms with Crippen molar-refractivity contribution in [3.63, 3.8) is 0 Å². The van der Waals surface area contributed by atoms with Gasteiger partial charge in [-0.3, -0.25) is 4.57 Å². The molecule has 13 rings (SSSR count). The van der Waals surface area contributed by atoms with Gasteiger partial charge in [-0.15, -0.1) is 11.3 Å². The van der Waals surface area contributed by atoms with Crippen molar-refractivity contribution < 1.29 is 0 Å². The van der Waals surface area contributed by atoms with Gasteiger partial charge in [0.1, 0.15) is 0 Å². The van der Waals surface area contributed by atoms with Gasteiger partial charge in [-0.2, -0.15) is 9.97 Å². The molecule has 60 heavy (non-hydrogen) atoms. The fourth-order valence-corrected chi connectivity index (χ4v) is 11.1. The van der Waals surface area contributed by atoms with Crippen molar-refractivity contribution in [1.82, 2.24) is 24.1 Å². The summed E-state index contributed by atoms with van der Waals surface area (Å²) < 4.78 is 7.08. The summed E-state index contributed by atoms with van der Waals surface area (Å²) in [7, 11) is 0. The Morgan fingerprint density at radius 3 is 1.75 bits per heavy atom. The quantitative estimate of drug-likeness (QED) is 0.179. The predicted octanol–water partition coefficient (Wildman–Crippen LogP) is 14.1. The number of aromatic nitrogens is 5. The van der Waals surface area contributed by atoms with Gasteiger partial charge in [0.2, 0.25) is 5.95 Å². The van der Waals surface area contributed by atoms with Crippen LogP contribution in [-0.2, 0) is 5.41 Å². The van der Waals surface area contributed by atoms with E-state index in [2.05, 4.69) is 199 Å². The first-order valence-electron chi connectivity index (χ1n) is 20.4. The maximum absolute atomic E-state index is 5.34. The van der Waals surface area contributed by atoms with Crippen molar-refractivity contribution in [3.8, 4) is 45.5 Å². The minimum absolute atomic E-state index is 0.0881. The zero-order valence-corrected chi connectivity index (χ0v) is 33.7. The van der Waals surface area contributed by atoms with Crippen LogP contribution in [-0.4, -0.2) is 24.1 Å². The highest BCUT2D eigenvalue weighted by Gasteiger charge is 2.36. The lowest BCUT2D eigenvalue weighted by atomic mass is 9.82. The summed E-state index contributed by atoms with van der Waals surface area (Å²) in [5, 5.41) is 7.32. The van der Waals surface area contributed by atoms with Gasteiger partial charge in [-0.05, 0) is 76.9 Å². The SMILES string of the molecule is CC1(C)c2ccccc2-c2cc3c(cc21)c1ccccc1n3-c1cccc(-c2nc(-c3ccc4c(c3)sc3ccccc34)nc(-n3c4ccccc4c4ccccc43)n2)c1. The molecule has 12 aromatic rings. The van der Waals surface area contributed by atoms with Crippen molar-refractivity contribution in [3.05, 3.63) is 187 Å². The summed E-state index contributed by atoms with van der Waals surface area (Å²) in [6, 6.07) is 63.4. The van der Waals surface area contributed by atoms with E-state index in [9.17, 15) is 0 Å². The molecule has 0 saturated carbocycles. The smallest absolute Gasteiger partial charge is 0.238 e. The number of para-hydroxylation sites is 3. The highest BCUT2D eigenvalue weighted by molar-refractivity contribution is 7.25. The highest BCUT2D eigenvalue weighted by Crippen LogP contribution is 2.51. The van der Waals surface area contributed by atoms with E-state index in [1.807, 2.05) is 0 Å². The van der Waals surface area contributed by atoms with Crippen LogP contribution < -0.4 is 0 Å². The van der Waals surface area contributed by atoms with Crippen molar-refractivity contribution in [2.45, 2.75) is 19.3 Å². The molecule has 0 N–H and O–H groups in total. The minimum Gasteiger partial charge on any atom is -0.309 e. The second kappa shape index (κ2) is 12.3. The normalized spacial score (nSPS) is 13.3. The molecule has 0 spiro atoms. The first kappa shape index (κ1) is 33.6. The molecule has 0 unspecified atom stereocenters. The van der Waals surface area contributed by atoms with Gasteiger partial charge in [-0.25, -0.2) is 4.98 Å². The lowest BCUT2D eigenvalue weighted by Crippen LogP contribution is -2.14. The molecule has 6 heteroatoms.